The van der Waals surface area contributed by atoms with Crippen LogP contribution < -0.4 is 5.32 Å². The van der Waals surface area contributed by atoms with Crippen LogP contribution in [0.1, 0.15) is 52.9 Å². The zero-order valence-electron chi connectivity index (χ0n) is 11.7. The fourth-order valence-corrected chi connectivity index (χ4v) is 3.06. The van der Waals surface area contributed by atoms with E-state index >= 15 is 0 Å². The largest absolute Gasteiger partial charge is 0.340 e. The molecule has 1 aliphatic carbocycles. The van der Waals surface area contributed by atoms with Gasteiger partial charge < -0.3 is 10.2 Å². The van der Waals surface area contributed by atoms with E-state index in [1.54, 1.807) is 18.7 Å². The number of carbonyl (C=O) groups excluding carboxylic acids is 2. The van der Waals surface area contributed by atoms with Gasteiger partial charge >= 0.3 is 0 Å². The Morgan fingerprint density at radius 3 is 2.50 bits per heavy atom. The number of piperazine rings is 1. The van der Waals surface area contributed by atoms with E-state index < -0.39 is 5.54 Å². The summed E-state index contributed by atoms with van der Waals surface area (Å²) in [5.74, 6) is 0.761. The molecule has 102 valence electrons. The fourth-order valence-electron chi connectivity index (χ4n) is 3.06. The SMILES string of the molecule is CC1C(=O)NC(C)(C)C(=O)N1CCC1CCCC1. The molecule has 2 fully saturated rings. The molecular formula is C14H24N2O2. The highest BCUT2D eigenvalue weighted by atomic mass is 16.2. The predicted molar refractivity (Wildman–Crippen MR) is 70.0 cm³/mol. The van der Waals surface area contributed by atoms with Gasteiger partial charge in [-0.05, 0) is 33.1 Å². The van der Waals surface area contributed by atoms with Gasteiger partial charge in [-0.2, -0.15) is 0 Å². The van der Waals surface area contributed by atoms with Crippen molar-refractivity contribution in [1.29, 1.82) is 0 Å². The van der Waals surface area contributed by atoms with Crippen LogP contribution in [0.4, 0.5) is 0 Å². The van der Waals surface area contributed by atoms with Crippen LogP contribution in [0.15, 0.2) is 0 Å². The number of nitrogens with one attached hydrogen (secondary N) is 1. The van der Waals surface area contributed by atoms with Gasteiger partial charge in [0.05, 0.1) is 0 Å². The van der Waals surface area contributed by atoms with Gasteiger partial charge in [0.2, 0.25) is 11.8 Å². The summed E-state index contributed by atoms with van der Waals surface area (Å²) >= 11 is 0. The standard InChI is InChI=1S/C14H24N2O2/c1-10-12(17)15-14(2,3)13(18)16(10)9-8-11-6-4-5-7-11/h10-11H,4-9H2,1-3H3,(H,15,17). The third-order valence-corrected chi connectivity index (χ3v) is 4.33. The second kappa shape index (κ2) is 4.90. The maximum absolute atomic E-state index is 12.3. The van der Waals surface area contributed by atoms with Gasteiger partial charge in [0.25, 0.3) is 0 Å². The number of nitrogens with zero attached hydrogens (tertiary/aromatic N) is 1. The average molecular weight is 252 g/mol. The molecular weight excluding hydrogens is 228 g/mol. The van der Waals surface area contributed by atoms with Crippen molar-refractivity contribution >= 4 is 11.8 Å². The Bertz CT molecular complexity index is 346. The lowest BCUT2D eigenvalue weighted by Gasteiger charge is -2.41. The van der Waals surface area contributed by atoms with Gasteiger partial charge in [0.15, 0.2) is 0 Å². The Morgan fingerprint density at radius 2 is 1.89 bits per heavy atom. The lowest BCUT2D eigenvalue weighted by Crippen LogP contribution is -2.67. The molecule has 1 N–H and O–H groups in total. The van der Waals surface area contributed by atoms with Crippen LogP contribution in [0.2, 0.25) is 0 Å². The molecule has 1 saturated heterocycles. The average Bonchev–Trinajstić information content (AvgIpc) is 2.79. The summed E-state index contributed by atoms with van der Waals surface area (Å²) in [7, 11) is 0. The number of rotatable bonds is 3. The number of hydrogen-bond acceptors (Lipinski definition) is 2. The Labute approximate surface area is 109 Å². The monoisotopic (exact) mass is 252 g/mol. The Morgan fingerprint density at radius 1 is 1.28 bits per heavy atom. The summed E-state index contributed by atoms with van der Waals surface area (Å²) in [5.41, 5.74) is -0.751. The highest BCUT2D eigenvalue weighted by Crippen LogP contribution is 2.28. The molecule has 0 spiro atoms. The molecule has 1 heterocycles. The van der Waals surface area contributed by atoms with E-state index in [9.17, 15) is 9.59 Å². The van der Waals surface area contributed by atoms with Gasteiger partial charge in [-0.3, -0.25) is 9.59 Å². The molecule has 2 amide bonds. The van der Waals surface area contributed by atoms with E-state index in [2.05, 4.69) is 5.32 Å². The zero-order chi connectivity index (χ0) is 13.3. The summed E-state index contributed by atoms with van der Waals surface area (Å²) in [6.45, 7) is 6.10. The van der Waals surface area contributed by atoms with Crippen LogP contribution in [0.3, 0.4) is 0 Å². The quantitative estimate of drug-likeness (QED) is 0.831. The molecule has 0 radical (unpaired) electrons. The van der Waals surface area contributed by atoms with Gasteiger partial charge in [-0.15, -0.1) is 0 Å². The normalized spacial score (nSPS) is 28.6. The summed E-state index contributed by atoms with van der Waals surface area (Å²) < 4.78 is 0. The molecule has 1 aliphatic heterocycles. The summed E-state index contributed by atoms with van der Waals surface area (Å²) in [6.07, 6.45) is 6.25. The van der Waals surface area contributed by atoms with E-state index in [0.29, 0.717) is 0 Å². The van der Waals surface area contributed by atoms with E-state index in [-0.39, 0.29) is 17.9 Å². The second-order valence-corrected chi connectivity index (χ2v) is 6.23. The molecule has 1 saturated carbocycles. The van der Waals surface area contributed by atoms with E-state index in [4.69, 9.17) is 0 Å². The summed E-state index contributed by atoms with van der Waals surface area (Å²) in [5, 5.41) is 2.78. The second-order valence-electron chi connectivity index (χ2n) is 6.23. The molecule has 0 aromatic rings. The minimum atomic E-state index is -0.751. The Kier molecular flexibility index (Phi) is 3.64. The first-order chi connectivity index (χ1) is 8.42. The molecule has 0 aromatic heterocycles. The first-order valence-electron chi connectivity index (χ1n) is 7.05. The Balaban J connectivity index is 1.99. The van der Waals surface area contributed by atoms with Crippen LogP contribution >= 0.6 is 0 Å². The number of carbonyl (C=O) groups is 2. The molecule has 0 aromatic carbocycles. The lowest BCUT2D eigenvalue weighted by molar-refractivity contribution is -0.152. The van der Waals surface area contributed by atoms with Crippen molar-refractivity contribution in [3.8, 4) is 0 Å². The molecule has 0 bridgehead atoms. The van der Waals surface area contributed by atoms with Crippen LogP contribution in [-0.2, 0) is 9.59 Å². The molecule has 2 aliphatic rings. The predicted octanol–water partition coefficient (Wildman–Crippen LogP) is 1.69. The van der Waals surface area contributed by atoms with Crippen LogP contribution in [0, 0.1) is 5.92 Å². The molecule has 4 nitrogen and oxygen atoms in total. The van der Waals surface area contributed by atoms with Gasteiger partial charge in [-0.1, -0.05) is 25.7 Å². The van der Waals surface area contributed by atoms with E-state index in [0.717, 1.165) is 18.9 Å². The maximum atomic E-state index is 12.3. The molecule has 1 unspecified atom stereocenters. The van der Waals surface area contributed by atoms with Crippen molar-refractivity contribution in [2.75, 3.05) is 6.54 Å². The third kappa shape index (κ3) is 2.52. The highest BCUT2D eigenvalue weighted by molar-refractivity contribution is 5.99. The summed E-state index contributed by atoms with van der Waals surface area (Å²) in [6, 6.07) is -0.327. The first-order valence-corrected chi connectivity index (χ1v) is 7.05. The minimum Gasteiger partial charge on any atom is -0.340 e. The van der Waals surface area contributed by atoms with Crippen LogP contribution in [-0.4, -0.2) is 34.8 Å². The van der Waals surface area contributed by atoms with Crippen molar-refractivity contribution < 1.29 is 9.59 Å². The smallest absolute Gasteiger partial charge is 0.248 e. The van der Waals surface area contributed by atoms with Crippen molar-refractivity contribution in [2.45, 2.75) is 64.5 Å². The van der Waals surface area contributed by atoms with Crippen LogP contribution in [0.25, 0.3) is 0 Å². The van der Waals surface area contributed by atoms with Gasteiger partial charge in [0.1, 0.15) is 11.6 Å². The lowest BCUT2D eigenvalue weighted by atomic mass is 9.96. The van der Waals surface area contributed by atoms with Crippen molar-refractivity contribution in [3.05, 3.63) is 0 Å². The number of hydrogen-bond donors (Lipinski definition) is 1. The van der Waals surface area contributed by atoms with Crippen molar-refractivity contribution in [1.82, 2.24) is 10.2 Å². The first kappa shape index (κ1) is 13.4. The number of amides is 2. The molecule has 18 heavy (non-hydrogen) atoms. The van der Waals surface area contributed by atoms with Gasteiger partial charge in [-0.25, -0.2) is 0 Å². The van der Waals surface area contributed by atoms with Crippen molar-refractivity contribution in [2.24, 2.45) is 5.92 Å². The summed E-state index contributed by atoms with van der Waals surface area (Å²) in [4.78, 5) is 25.9. The zero-order valence-corrected chi connectivity index (χ0v) is 11.7. The minimum absolute atomic E-state index is 0.0361. The fraction of sp³-hybridized carbons (Fsp3) is 0.857. The molecule has 1 atom stereocenters. The third-order valence-electron chi connectivity index (χ3n) is 4.33. The highest BCUT2D eigenvalue weighted by Gasteiger charge is 2.43. The van der Waals surface area contributed by atoms with Gasteiger partial charge in [0, 0.05) is 6.54 Å². The maximum Gasteiger partial charge on any atom is 0.248 e. The Hall–Kier alpha value is -1.06. The van der Waals surface area contributed by atoms with Crippen molar-refractivity contribution in [3.63, 3.8) is 0 Å². The molecule has 2 rings (SSSR count). The molecule has 4 heteroatoms. The van der Waals surface area contributed by atoms with Crippen LogP contribution in [0.5, 0.6) is 0 Å². The van der Waals surface area contributed by atoms with E-state index in [1.165, 1.54) is 25.7 Å². The van der Waals surface area contributed by atoms with E-state index in [1.807, 2.05) is 6.92 Å². The topological polar surface area (TPSA) is 49.4 Å².